The highest BCUT2D eigenvalue weighted by Crippen LogP contribution is 2.23. The fourth-order valence-electron chi connectivity index (χ4n) is 5.37. The van der Waals surface area contributed by atoms with Crippen molar-refractivity contribution >= 4 is 27.6 Å². The van der Waals surface area contributed by atoms with Crippen molar-refractivity contribution in [3.05, 3.63) is 65.0 Å². The lowest BCUT2D eigenvalue weighted by Crippen LogP contribution is -2.53. The third-order valence-electron chi connectivity index (χ3n) is 7.75. The van der Waals surface area contributed by atoms with E-state index in [0.29, 0.717) is 51.9 Å². The van der Waals surface area contributed by atoms with Gasteiger partial charge in [-0.2, -0.15) is 0 Å². The van der Waals surface area contributed by atoms with Crippen molar-refractivity contribution in [2.24, 2.45) is 5.92 Å². The Morgan fingerprint density at radius 1 is 1.05 bits per heavy atom. The van der Waals surface area contributed by atoms with Crippen LogP contribution in [0.2, 0.25) is 0 Å². The average Bonchev–Trinajstić information content (AvgIpc) is 3.40. The normalized spacial score (nSPS) is 21.8. The van der Waals surface area contributed by atoms with Crippen molar-refractivity contribution in [1.82, 2.24) is 20.4 Å². The minimum atomic E-state index is -3.33. The number of halogens is 1. The molecule has 3 amide bonds. The molecular formula is C30H39FN4O5S. The molecular weight excluding hydrogens is 547 g/mol. The van der Waals surface area contributed by atoms with E-state index in [1.807, 2.05) is 18.7 Å². The number of sulfone groups is 1. The molecule has 2 bridgehead atoms. The molecule has 2 atom stereocenters. The van der Waals surface area contributed by atoms with E-state index in [4.69, 9.17) is 0 Å². The fourth-order valence-corrected chi connectivity index (χ4v) is 6.00. The molecule has 2 aliphatic heterocycles. The molecule has 2 aromatic carbocycles. The van der Waals surface area contributed by atoms with Crippen molar-refractivity contribution in [3.8, 4) is 0 Å². The number of amides is 3. The summed E-state index contributed by atoms with van der Waals surface area (Å²) in [6.07, 6.45) is 3.45. The van der Waals surface area contributed by atoms with Gasteiger partial charge in [-0.05, 0) is 67.0 Å². The van der Waals surface area contributed by atoms with Crippen LogP contribution in [-0.2, 0) is 32.4 Å². The highest BCUT2D eigenvalue weighted by Gasteiger charge is 2.37. The summed E-state index contributed by atoms with van der Waals surface area (Å²) in [5.41, 5.74) is 1.58. The summed E-state index contributed by atoms with van der Waals surface area (Å²) in [7, 11) is -3.33. The Balaban J connectivity index is 1.61. The van der Waals surface area contributed by atoms with Gasteiger partial charge < -0.3 is 15.5 Å². The van der Waals surface area contributed by atoms with E-state index in [1.165, 1.54) is 11.0 Å². The van der Waals surface area contributed by atoms with Crippen LogP contribution < -0.4 is 10.6 Å². The molecule has 11 heteroatoms. The van der Waals surface area contributed by atoms with Gasteiger partial charge >= 0.3 is 0 Å². The summed E-state index contributed by atoms with van der Waals surface area (Å²) in [4.78, 5) is 43.5. The lowest BCUT2D eigenvalue weighted by Gasteiger charge is -2.32. The number of hydrogen-bond donors (Lipinski definition) is 2. The van der Waals surface area contributed by atoms with Gasteiger partial charge in [-0.1, -0.05) is 32.0 Å². The van der Waals surface area contributed by atoms with E-state index in [9.17, 15) is 27.2 Å². The van der Waals surface area contributed by atoms with E-state index in [1.54, 1.807) is 36.4 Å². The van der Waals surface area contributed by atoms with Crippen LogP contribution in [0.25, 0.3) is 0 Å². The number of fused-ring (bicyclic) bond motifs is 3. The topological polar surface area (TPSA) is 116 Å². The second kappa shape index (κ2) is 13.1. The highest BCUT2D eigenvalue weighted by molar-refractivity contribution is 7.90. The van der Waals surface area contributed by atoms with Crippen LogP contribution in [-0.4, -0.2) is 80.5 Å². The summed E-state index contributed by atoms with van der Waals surface area (Å²) in [6.45, 7) is 5.56. The Kier molecular flexibility index (Phi) is 9.80. The average molecular weight is 587 g/mol. The molecule has 0 spiro atoms. The molecule has 2 aromatic rings. The largest absolute Gasteiger partial charge is 0.355 e. The molecule has 0 aliphatic carbocycles. The summed E-state index contributed by atoms with van der Waals surface area (Å²) in [5.74, 6) is -1.56. The number of nitrogens with zero attached hydrogens (tertiary/aromatic N) is 2. The predicted molar refractivity (Wildman–Crippen MR) is 153 cm³/mol. The first kappa shape index (κ1) is 30.6. The molecule has 1 saturated heterocycles. The Morgan fingerprint density at radius 3 is 2.46 bits per heavy atom. The monoisotopic (exact) mass is 586 g/mol. The van der Waals surface area contributed by atoms with Crippen LogP contribution in [0.4, 0.5) is 4.39 Å². The Labute approximate surface area is 241 Å². The molecule has 9 nitrogen and oxygen atoms in total. The van der Waals surface area contributed by atoms with Crippen molar-refractivity contribution < 1.29 is 27.2 Å². The lowest BCUT2D eigenvalue weighted by atomic mass is 10.0. The summed E-state index contributed by atoms with van der Waals surface area (Å²) in [6, 6.07) is 10.0. The van der Waals surface area contributed by atoms with Crippen LogP contribution in [0.5, 0.6) is 0 Å². The SMILES string of the molecule is CC(C)[C@@H]1CN(Cc2ccc(S(C)(=O)=O)cc2)CC(=O)NCCCc2ccc(F)c(c2)C(=O)N2CCC[C@H]2C(=O)N1. The first-order chi connectivity index (χ1) is 19.4. The van der Waals surface area contributed by atoms with Gasteiger partial charge in [0.05, 0.1) is 17.0 Å². The molecule has 0 radical (unpaired) electrons. The summed E-state index contributed by atoms with van der Waals surface area (Å²) < 4.78 is 38.5. The third-order valence-corrected chi connectivity index (χ3v) is 8.88. The summed E-state index contributed by atoms with van der Waals surface area (Å²) >= 11 is 0. The quantitative estimate of drug-likeness (QED) is 0.569. The molecule has 41 heavy (non-hydrogen) atoms. The highest BCUT2D eigenvalue weighted by atomic mass is 32.2. The van der Waals surface area contributed by atoms with E-state index >= 15 is 0 Å². The van der Waals surface area contributed by atoms with E-state index in [-0.39, 0.29) is 40.8 Å². The van der Waals surface area contributed by atoms with Gasteiger partial charge in [0.1, 0.15) is 11.9 Å². The zero-order valence-electron chi connectivity index (χ0n) is 23.9. The second-order valence-electron chi connectivity index (χ2n) is 11.4. The standard InChI is InChI=1S/C30H39FN4O5S/c1-20(2)26-18-34(17-22-8-11-23(12-9-22)41(3,39)40)19-28(36)32-14-4-6-21-10-13-25(31)24(16-21)30(38)35-15-5-7-27(35)29(37)33-26/h8-13,16,20,26-27H,4-7,14-15,17-19H2,1-3H3,(H,32,36)(H,33,37)/t26-,27-/m0/s1. The fraction of sp³-hybridized carbons (Fsp3) is 0.500. The van der Waals surface area contributed by atoms with E-state index in [0.717, 1.165) is 17.4 Å². The first-order valence-corrected chi connectivity index (χ1v) is 16.0. The molecule has 0 unspecified atom stereocenters. The van der Waals surface area contributed by atoms with Gasteiger partial charge in [0.2, 0.25) is 11.8 Å². The van der Waals surface area contributed by atoms with Crippen molar-refractivity contribution in [2.45, 2.75) is 63.1 Å². The maximum atomic E-state index is 14.7. The Bertz CT molecular complexity index is 1380. The van der Waals surface area contributed by atoms with Crippen molar-refractivity contribution in [2.75, 3.05) is 32.4 Å². The maximum Gasteiger partial charge on any atom is 0.257 e. The number of nitrogens with one attached hydrogen (secondary N) is 2. The van der Waals surface area contributed by atoms with Gasteiger partial charge in [-0.25, -0.2) is 12.8 Å². The molecule has 1 fully saturated rings. The Hall–Kier alpha value is -3.31. The molecule has 2 heterocycles. The number of hydrogen-bond acceptors (Lipinski definition) is 6. The van der Waals surface area contributed by atoms with Gasteiger partial charge in [0.25, 0.3) is 5.91 Å². The van der Waals surface area contributed by atoms with Gasteiger partial charge in [0.15, 0.2) is 9.84 Å². The zero-order valence-corrected chi connectivity index (χ0v) is 24.7. The van der Waals surface area contributed by atoms with E-state index < -0.39 is 27.6 Å². The van der Waals surface area contributed by atoms with E-state index in [2.05, 4.69) is 10.6 Å². The van der Waals surface area contributed by atoms with Crippen LogP contribution in [0.1, 0.15) is 54.6 Å². The van der Waals surface area contributed by atoms with Crippen molar-refractivity contribution in [3.63, 3.8) is 0 Å². The predicted octanol–water partition coefficient (Wildman–Crippen LogP) is 2.54. The molecule has 0 aromatic heterocycles. The molecule has 2 aliphatic rings. The number of carbonyl (C=O) groups is 3. The van der Waals surface area contributed by atoms with Gasteiger partial charge in [-0.15, -0.1) is 0 Å². The zero-order chi connectivity index (χ0) is 29.7. The Morgan fingerprint density at radius 2 is 1.78 bits per heavy atom. The number of aryl methyl sites for hydroxylation is 1. The number of carbonyl (C=O) groups excluding carboxylic acids is 3. The number of rotatable bonds is 4. The second-order valence-corrected chi connectivity index (χ2v) is 13.4. The molecule has 222 valence electrons. The van der Waals surface area contributed by atoms with Crippen LogP contribution in [0.15, 0.2) is 47.4 Å². The van der Waals surface area contributed by atoms with Crippen LogP contribution in [0.3, 0.4) is 0 Å². The molecule has 2 N–H and O–H groups in total. The van der Waals surface area contributed by atoms with Gasteiger partial charge in [-0.3, -0.25) is 19.3 Å². The minimum Gasteiger partial charge on any atom is -0.355 e. The lowest BCUT2D eigenvalue weighted by molar-refractivity contribution is -0.126. The van der Waals surface area contributed by atoms with Crippen LogP contribution in [0, 0.1) is 11.7 Å². The van der Waals surface area contributed by atoms with Gasteiger partial charge in [0, 0.05) is 38.5 Å². The van der Waals surface area contributed by atoms with Crippen molar-refractivity contribution in [1.29, 1.82) is 0 Å². The van der Waals surface area contributed by atoms with Crippen LogP contribution >= 0.6 is 0 Å². The molecule has 0 saturated carbocycles. The summed E-state index contributed by atoms with van der Waals surface area (Å²) in [5, 5.41) is 6.04. The smallest absolute Gasteiger partial charge is 0.257 e. The minimum absolute atomic E-state index is 0.0129. The molecule has 4 rings (SSSR count). The number of benzene rings is 2. The first-order valence-electron chi connectivity index (χ1n) is 14.1. The maximum absolute atomic E-state index is 14.7. The third kappa shape index (κ3) is 7.91.